The molecule has 2 heteroatoms. The van der Waals surface area contributed by atoms with E-state index >= 15 is 0 Å². The Morgan fingerprint density at radius 1 is 1.18 bits per heavy atom. The number of ether oxygens (including phenoxy) is 1. The standard InChI is InChI=1S/C26H39OSi/c1-10-17-27-23-21(25(5,6)7)18-19(4)24(28(8)9)22(23)26(11-2,12-3)20-15-13-14-16-20/h10,13,15-16,18H,1,11-12,14,17H2,2-9H3. The number of allylic oxidation sites excluding steroid dienone is 4. The third-order valence-corrected chi connectivity index (χ3v) is 7.78. The molecule has 0 amide bonds. The summed E-state index contributed by atoms with van der Waals surface area (Å²) in [5.74, 6) is 1.11. The van der Waals surface area contributed by atoms with Gasteiger partial charge in [-0.25, -0.2) is 0 Å². The molecule has 0 saturated carbocycles. The molecule has 0 saturated heterocycles. The van der Waals surface area contributed by atoms with Crippen molar-refractivity contribution in [3.8, 4) is 5.75 Å². The van der Waals surface area contributed by atoms with Crippen molar-refractivity contribution in [1.82, 2.24) is 0 Å². The average Bonchev–Trinajstić information content (AvgIpc) is 3.16. The lowest BCUT2D eigenvalue weighted by atomic mass is 9.68. The van der Waals surface area contributed by atoms with Gasteiger partial charge in [-0.1, -0.05) is 95.4 Å². The molecule has 0 unspecified atom stereocenters. The second-order valence-corrected chi connectivity index (χ2v) is 11.8. The van der Waals surface area contributed by atoms with Crippen molar-refractivity contribution in [1.29, 1.82) is 0 Å². The van der Waals surface area contributed by atoms with Gasteiger partial charge in [0.05, 0.1) is 8.80 Å². The first-order valence-corrected chi connectivity index (χ1v) is 13.2. The second kappa shape index (κ2) is 8.86. The molecule has 0 fully saturated rings. The molecule has 153 valence electrons. The Kier molecular flexibility index (Phi) is 7.20. The Morgan fingerprint density at radius 2 is 1.82 bits per heavy atom. The summed E-state index contributed by atoms with van der Waals surface area (Å²) in [7, 11) is -0.668. The van der Waals surface area contributed by atoms with Gasteiger partial charge < -0.3 is 4.74 Å². The summed E-state index contributed by atoms with van der Waals surface area (Å²) in [6.07, 6.45) is 12.1. The summed E-state index contributed by atoms with van der Waals surface area (Å²) >= 11 is 0. The van der Waals surface area contributed by atoms with Gasteiger partial charge in [0.25, 0.3) is 0 Å². The van der Waals surface area contributed by atoms with E-state index in [0.29, 0.717) is 6.61 Å². The van der Waals surface area contributed by atoms with Crippen molar-refractivity contribution < 1.29 is 4.74 Å². The molecule has 0 N–H and O–H groups in total. The second-order valence-electron chi connectivity index (χ2n) is 9.26. The SMILES string of the molecule is C=CCOc1c(C(C)(C)C)cc(C)c([Si](C)C)c1C(CC)(CC)C1=CCC=C1. The van der Waals surface area contributed by atoms with Crippen molar-refractivity contribution in [2.24, 2.45) is 0 Å². The van der Waals surface area contributed by atoms with Gasteiger partial charge in [0.2, 0.25) is 0 Å². The van der Waals surface area contributed by atoms with Crippen LogP contribution in [0.5, 0.6) is 5.75 Å². The topological polar surface area (TPSA) is 9.23 Å². The summed E-state index contributed by atoms with van der Waals surface area (Å²) in [5.41, 5.74) is 5.71. The Morgan fingerprint density at radius 3 is 2.25 bits per heavy atom. The molecule has 0 spiro atoms. The Bertz CT molecular complexity index is 771. The highest BCUT2D eigenvalue weighted by Gasteiger charge is 2.40. The molecule has 1 aromatic carbocycles. The third-order valence-electron chi connectivity index (χ3n) is 6.14. The van der Waals surface area contributed by atoms with Crippen LogP contribution in [0.25, 0.3) is 0 Å². The zero-order valence-corrected chi connectivity index (χ0v) is 20.3. The fourth-order valence-electron chi connectivity index (χ4n) is 4.72. The van der Waals surface area contributed by atoms with E-state index in [4.69, 9.17) is 4.74 Å². The Hall–Kier alpha value is -1.54. The summed E-state index contributed by atoms with van der Waals surface area (Å²) in [6, 6.07) is 2.39. The molecular weight excluding hydrogens is 356 g/mol. The van der Waals surface area contributed by atoms with E-state index in [1.54, 1.807) is 5.19 Å². The van der Waals surface area contributed by atoms with Crippen molar-refractivity contribution >= 4 is 14.0 Å². The minimum Gasteiger partial charge on any atom is -0.489 e. The lowest BCUT2D eigenvalue weighted by molar-refractivity contribution is 0.334. The zero-order chi connectivity index (χ0) is 21.1. The lowest BCUT2D eigenvalue weighted by Gasteiger charge is -2.40. The number of rotatable bonds is 8. The predicted octanol–water partition coefficient (Wildman–Crippen LogP) is 6.76. The third kappa shape index (κ3) is 4.08. The van der Waals surface area contributed by atoms with E-state index in [-0.39, 0.29) is 10.8 Å². The summed E-state index contributed by atoms with van der Waals surface area (Å²) in [4.78, 5) is 0. The molecule has 0 heterocycles. The Balaban J connectivity index is 3.00. The van der Waals surface area contributed by atoms with E-state index in [9.17, 15) is 0 Å². The molecule has 0 bridgehead atoms. The van der Waals surface area contributed by atoms with Crippen LogP contribution >= 0.6 is 0 Å². The number of aryl methyl sites for hydroxylation is 1. The van der Waals surface area contributed by atoms with E-state index in [2.05, 4.69) is 85.5 Å². The lowest BCUT2D eigenvalue weighted by Crippen LogP contribution is -2.41. The first-order chi connectivity index (χ1) is 13.1. The van der Waals surface area contributed by atoms with Crippen LogP contribution in [0.15, 0.2) is 42.5 Å². The maximum absolute atomic E-state index is 6.51. The van der Waals surface area contributed by atoms with Crippen molar-refractivity contribution in [3.05, 3.63) is 59.2 Å². The minimum atomic E-state index is -0.668. The van der Waals surface area contributed by atoms with Crippen LogP contribution in [0.1, 0.15) is 70.6 Å². The largest absolute Gasteiger partial charge is 0.489 e. The van der Waals surface area contributed by atoms with Crippen LogP contribution < -0.4 is 9.92 Å². The van der Waals surface area contributed by atoms with Crippen LogP contribution in [0.4, 0.5) is 0 Å². The first-order valence-electron chi connectivity index (χ1n) is 10.7. The molecule has 0 aliphatic heterocycles. The fraction of sp³-hybridized carbons (Fsp3) is 0.538. The maximum atomic E-state index is 6.51. The molecule has 28 heavy (non-hydrogen) atoms. The normalized spacial score (nSPS) is 14.5. The minimum absolute atomic E-state index is 0.00674. The summed E-state index contributed by atoms with van der Waals surface area (Å²) in [6.45, 7) is 23.2. The molecule has 1 aliphatic carbocycles. The van der Waals surface area contributed by atoms with Gasteiger partial charge in [-0.15, -0.1) is 0 Å². The zero-order valence-electron chi connectivity index (χ0n) is 19.3. The highest BCUT2D eigenvalue weighted by atomic mass is 28.3. The van der Waals surface area contributed by atoms with Crippen LogP contribution in [0, 0.1) is 6.92 Å². The van der Waals surface area contributed by atoms with Crippen molar-refractivity contribution in [3.63, 3.8) is 0 Å². The molecular formula is C26H39OSi. The molecule has 1 nitrogen and oxygen atoms in total. The first kappa shape index (κ1) is 22.7. The van der Waals surface area contributed by atoms with Crippen molar-refractivity contribution in [2.45, 2.75) is 84.7 Å². The quantitative estimate of drug-likeness (QED) is 0.349. The highest BCUT2D eigenvalue weighted by Crippen LogP contribution is 2.48. The number of hydrogen-bond acceptors (Lipinski definition) is 1. The molecule has 0 atom stereocenters. The molecule has 0 aromatic heterocycles. The van der Waals surface area contributed by atoms with Gasteiger partial charge in [0.15, 0.2) is 0 Å². The summed E-state index contributed by atoms with van der Waals surface area (Å²) in [5, 5.41) is 1.56. The van der Waals surface area contributed by atoms with Crippen LogP contribution in [0.3, 0.4) is 0 Å². The average molecular weight is 396 g/mol. The number of benzene rings is 1. The van der Waals surface area contributed by atoms with Gasteiger partial charge in [-0.05, 0) is 37.2 Å². The molecule has 2 rings (SSSR count). The summed E-state index contributed by atoms with van der Waals surface area (Å²) < 4.78 is 6.51. The number of hydrogen-bond donors (Lipinski definition) is 0. The molecule has 1 aromatic rings. The van der Waals surface area contributed by atoms with Gasteiger partial charge in [0.1, 0.15) is 12.4 Å². The van der Waals surface area contributed by atoms with E-state index < -0.39 is 8.80 Å². The molecule has 1 aliphatic rings. The van der Waals surface area contributed by atoms with Crippen LogP contribution in [-0.4, -0.2) is 15.4 Å². The smallest absolute Gasteiger partial charge is 0.127 e. The predicted molar refractivity (Wildman–Crippen MR) is 127 cm³/mol. The van der Waals surface area contributed by atoms with Gasteiger partial charge in [0, 0.05) is 16.5 Å². The van der Waals surface area contributed by atoms with E-state index in [1.165, 1.54) is 22.3 Å². The van der Waals surface area contributed by atoms with Gasteiger partial charge in [-0.3, -0.25) is 0 Å². The highest BCUT2D eigenvalue weighted by molar-refractivity contribution is 6.71. The molecule has 1 radical (unpaired) electrons. The van der Waals surface area contributed by atoms with Gasteiger partial charge in [-0.2, -0.15) is 0 Å². The van der Waals surface area contributed by atoms with Crippen molar-refractivity contribution in [2.75, 3.05) is 6.61 Å². The van der Waals surface area contributed by atoms with E-state index in [0.717, 1.165) is 25.0 Å². The van der Waals surface area contributed by atoms with Crippen LogP contribution in [0.2, 0.25) is 13.1 Å². The monoisotopic (exact) mass is 395 g/mol. The maximum Gasteiger partial charge on any atom is 0.127 e. The fourth-order valence-corrected chi connectivity index (χ4v) is 6.43. The van der Waals surface area contributed by atoms with Crippen LogP contribution in [-0.2, 0) is 10.8 Å². The Labute approximate surface area is 175 Å². The van der Waals surface area contributed by atoms with E-state index in [1.807, 2.05) is 6.08 Å². The van der Waals surface area contributed by atoms with Gasteiger partial charge >= 0.3 is 0 Å².